The Bertz CT molecular complexity index is 452. The molecule has 0 saturated heterocycles. The minimum Gasteiger partial charge on any atom is -0.361 e. The molecule has 0 aliphatic rings. The molecule has 2 aromatic rings. The molecule has 0 bridgehead atoms. The highest BCUT2D eigenvalue weighted by Crippen LogP contribution is 2.09. The van der Waals surface area contributed by atoms with Gasteiger partial charge in [0.25, 0.3) is 0 Å². The number of carbonyl (C=O) groups excluding carboxylic acids is 1. The van der Waals surface area contributed by atoms with Crippen molar-refractivity contribution in [2.24, 2.45) is 5.73 Å². The van der Waals surface area contributed by atoms with Crippen LogP contribution in [-0.2, 0) is 0 Å². The van der Waals surface area contributed by atoms with Crippen LogP contribution in [-0.4, -0.2) is 26.0 Å². The summed E-state index contributed by atoms with van der Waals surface area (Å²) in [4.78, 5) is 22.1. The van der Waals surface area contributed by atoms with Crippen molar-refractivity contribution >= 4 is 5.91 Å². The smallest absolute Gasteiger partial charge is 0.316 e. The van der Waals surface area contributed by atoms with Gasteiger partial charge in [0.2, 0.25) is 5.82 Å². The fourth-order valence-corrected chi connectivity index (χ4v) is 0.842. The number of primary amides is 1. The Morgan fingerprint density at radius 3 is 2.86 bits per heavy atom. The number of carbonyl (C=O) groups is 1. The summed E-state index contributed by atoms with van der Waals surface area (Å²) < 4.78 is 4.58. The summed E-state index contributed by atoms with van der Waals surface area (Å²) in [5.41, 5.74) is 5.35. The Morgan fingerprint density at radius 2 is 2.29 bits per heavy atom. The molecule has 1 amide bonds. The van der Waals surface area contributed by atoms with Gasteiger partial charge in [-0.1, -0.05) is 5.16 Å². The number of hydrogen-bond donors (Lipinski definition) is 1. The molecule has 2 rings (SSSR count). The standard InChI is InChI=1S/C7H5N5O2/c8-5(13)7-11-6(12-14-7)4-3-9-1-2-10-4/h1-3H,(H2,8,13). The largest absolute Gasteiger partial charge is 0.361 e. The molecule has 7 nitrogen and oxygen atoms in total. The number of amides is 1. The summed E-state index contributed by atoms with van der Waals surface area (Å²) in [6.45, 7) is 0. The molecule has 0 saturated carbocycles. The molecule has 0 aromatic carbocycles. The van der Waals surface area contributed by atoms with E-state index in [0.29, 0.717) is 5.69 Å². The van der Waals surface area contributed by atoms with Crippen molar-refractivity contribution in [3.63, 3.8) is 0 Å². The van der Waals surface area contributed by atoms with E-state index < -0.39 is 5.91 Å². The highest BCUT2D eigenvalue weighted by atomic mass is 16.5. The molecule has 0 atom stereocenters. The Hall–Kier alpha value is -2.31. The van der Waals surface area contributed by atoms with Crippen LogP contribution in [0.2, 0.25) is 0 Å². The maximum atomic E-state index is 10.6. The molecule has 7 heteroatoms. The summed E-state index contributed by atoms with van der Waals surface area (Å²) in [7, 11) is 0. The van der Waals surface area contributed by atoms with Gasteiger partial charge in [-0.2, -0.15) is 4.98 Å². The lowest BCUT2D eigenvalue weighted by Gasteiger charge is -1.88. The van der Waals surface area contributed by atoms with Gasteiger partial charge in [-0.3, -0.25) is 9.78 Å². The van der Waals surface area contributed by atoms with Crippen molar-refractivity contribution in [3.05, 3.63) is 24.5 Å². The van der Waals surface area contributed by atoms with E-state index in [1.807, 2.05) is 0 Å². The Morgan fingerprint density at radius 1 is 1.43 bits per heavy atom. The van der Waals surface area contributed by atoms with E-state index in [1.165, 1.54) is 18.6 Å². The van der Waals surface area contributed by atoms with Crippen LogP contribution >= 0.6 is 0 Å². The lowest BCUT2D eigenvalue weighted by Crippen LogP contribution is -2.11. The van der Waals surface area contributed by atoms with E-state index in [2.05, 4.69) is 24.6 Å². The molecule has 70 valence electrons. The van der Waals surface area contributed by atoms with Crippen LogP contribution < -0.4 is 5.73 Å². The second-order valence-electron chi connectivity index (χ2n) is 2.38. The first-order valence-corrected chi connectivity index (χ1v) is 3.67. The molecule has 0 spiro atoms. The average Bonchev–Trinajstić information content (AvgIpc) is 2.68. The quantitative estimate of drug-likeness (QED) is 0.693. The van der Waals surface area contributed by atoms with Gasteiger partial charge in [-0.15, -0.1) is 0 Å². The van der Waals surface area contributed by atoms with Crippen molar-refractivity contribution in [1.29, 1.82) is 0 Å². The minimum atomic E-state index is -0.771. The van der Waals surface area contributed by atoms with Gasteiger partial charge >= 0.3 is 11.8 Å². The monoisotopic (exact) mass is 191 g/mol. The lowest BCUT2D eigenvalue weighted by atomic mass is 10.4. The fourth-order valence-electron chi connectivity index (χ4n) is 0.842. The molecule has 0 aliphatic carbocycles. The third kappa shape index (κ3) is 1.42. The first kappa shape index (κ1) is 8.30. The van der Waals surface area contributed by atoms with E-state index in [4.69, 9.17) is 5.73 Å². The second-order valence-corrected chi connectivity index (χ2v) is 2.38. The molecule has 0 aliphatic heterocycles. The van der Waals surface area contributed by atoms with Crippen LogP contribution in [0.3, 0.4) is 0 Å². The molecule has 0 radical (unpaired) electrons. The number of hydrogen-bond acceptors (Lipinski definition) is 6. The third-order valence-electron chi connectivity index (χ3n) is 1.43. The van der Waals surface area contributed by atoms with Crippen LogP contribution in [0.1, 0.15) is 10.7 Å². The van der Waals surface area contributed by atoms with Gasteiger partial charge in [0.1, 0.15) is 5.69 Å². The van der Waals surface area contributed by atoms with Crippen molar-refractivity contribution in [2.45, 2.75) is 0 Å². The van der Waals surface area contributed by atoms with E-state index in [9.17, 15) is 4.79 Å². The van der Waals surface area contributed by atoms with Gasteiger partial charge in [0.15, 0.2) is 0 Å². The fraction of sp³-hybridized carbons (Fsp3) is 0. The summed E-state index contributed by atoms with van der Waals surface area (Å²) in [6.07, 6.45) is 4.45. The summed E-state index contributed by atoms with van der Waals surface area (Å²) in [6, 6.07) is 0. The van der Waals surface area contributed by atoms with Crippen molar-refractivity contribution in [3.8, 4) is 11.5 Å². The predicted molar refractivity (Wildman–Crippen MR) is 43.8 cm³/mol. The van der Waals surface area contributed by atoms with Gasteiger partial charge in [-0.05, 0) is 0 Å². The maximum Gasteiger partial charge on any atom is 0.316 e. The topological polar surface area (TPSA) is 108 Å². The van der Waals surface area contributed by atoms with Crippen molar-refractivity contribution in [1.82, 2.24) is 20.1 Å². The Labute approximate surface area is 78.0 Å². The van der Waals surface area contributed by atoms with Gasteiger partial charge < -0.3 is 10.3 Å². The van der Waals surface area contributed by atoms with Crippen LogP contribution in [0.25, 0.3) is 11.5 Å². The number of rotatable bonds is 2. The van der Waals surface area contributed by atoms with Crippen molar-refractivity contribution in [2.75, 3.05) is 0 Å². The molecule has 2 aromatic heterocycles. The third-order valence-corrected chi connectivity index (χ3v) is 1.43. The lowest BCUT2D eigenvalue weighted by molar-refractivity contribution is 0.0958. The van der Waals surface area contributed by atoms with Gasteiger partial charge in [0.05, 0.1) is 6.20 Å². The normalized spacial score (nSPS) is 10.0. The SMILES string of the molecule is NC(=O)c1nc(-c2cnccn2)no1. The molecule has 0 unspecified atom stereocenters. The summed E-state index contributed by atoms with van der Waals surface area (Å²) in [5.74, 6) is -0.829. The van der Waals surface area contributed by atoms with E-state index >= 15 is 0 Å². The Balaban J connectivity index is 2.39. The number of nitrogens with two attached hydrogens (primary N) is 1. The van der Waals surface area contributed by atoms with Crippen LogP contribution in [0.4, 0.5) is 0 Å². The molecular formula is C7H5N5O2. The van der Waals surface area contributed by atoms with Gasteiger partial charge in [0, 0.05) is 12.4 Å². The van der Waals surface area contributed by atoms with E-state index in [-0.39, 0.29) is 11.7 Å². The first-order chi connectivity index (χ1) is 6.77. The summed E-state index contributed by atoms with van der Waals surface area (Å²) >= 11 is 0. The highest BCUT2D eigenvalue weighted by molar-refractivity contribution is 5.88. The van der Waals surface area contributed by atoms with E-state index in [1.54, 1.807) is 0 Å². The van der Waals surface area contributed by atoms with E-state index in [0.717, 1.165) is 0 Å². The Kier molecular flexibility index (Phi) is 1.90. The maximum absolute atomic E-state index is 10.6. The number of aromatic nitrogens is 4. The minimum absolute atomic E-state index is 0.187. The second kappa shape index (κ2) is 3.21. The zero-order chi connectivity index (χ0) is 9.97. The predicted octanol–water partition coefficient (Wildman–Crippen LogP) is -0.375. The zero-order valence-corrected chi connectivity index (χ0v) is 6.91. The van der Waals surface area contributed by atoms with Crippen LogP contribution in [0.5, 0.6) is 0 Å². The molecule has 2 heterocycles. The highest BCUT2D eigenvalue weighted by Gasteiger charge is 2.13. The summed E-state index contributed by atoms with van der Waals surface area (Å²) in [5, 5.41) is 3.52. The molecular weight excluding hydrogens is 186 g/mol. The van der Waals surface area contributed by atoms with Crippen LogP contribution in [0, 0.1) is 0 Å². The number of nitrogens with zero attached hydrogens (tertiary/aromatic N) is 4. The van der Waals surface area contributed by atoms with Crippen LogP contribution in [0.15, 0.2) is 23.1 Å². The molecule has 0 fully saturated rings. The molecule has 14 heavy (non-hydrogen) atoms. The zero-order valence-electron chi connectivity index (χ0n) is 6.91. The first-order valence-electron chi connectivity index (χ1n) is 3.67. The van der Waals surface area contributed by atoms with Crippen molar-refractivity contribution < 1.29 is 9.32 Å². The van der Waals surface area contributed by atoms with Gasteiger partial charge in [-0.25, -0.2) is 4.98 Å². The molecule has 2 N–H and O–H groups in total. The average molecular weight is 191 g/mol.